The number of hydrogen-bond donors (Lipinski definition) is 2. The summed E-state index contributed by atoms with van der Waals surface area (Å²) in [6, 6.07) is 2.89. The fourth-order valence-corrected chi connectivity index (χ4v) is 2.13. The molecule has 0 unspecified atom stereocenters. The molecule has 1 heterocycles. The second-order valence-electron chi connectivity index (χ2n) is 4.23. The fraction of sp³-hybridized carbons (Fsp3) is 0.333. The highest BCUT2D eigenvalue weighted by Gasteiger charge is 2.35. The molecule has 2 rings (SSSR count). The average Bonchev–Trinajstić information content (AvgIpc) is 2.77. The third kappa shape index (κ3) is 2.13. The largest absolute Gasteiger partial charge is 0.480 e. The van der Waals surface area contributed by atoms with Gasteiger partial charge in [-0.1, -0.05) is 0 Å². The van der Waals surface area contributed by atoms with E-state index in [0.29, 0.717) is 19.4 Å². The van der Waals surface area contributed by atoms with Gasteiger partial charge in [0.1, 0.15) is 11.9 Å². The summed E-state index contributed by atoms with van der Waals surface area (Å²) in [6.45, 7) is 0.333. The Labute approximate surface area is 103 Å². The zero-order chi connectivity index (χ0) is 13.3. The van der Waals surface area contributed by atoms with Gasteiger partial charge in [0.25, 0.3) is 5.91 Å². The van der Waals surface area contributed by atoms with Crippen LogP contribution in [0.3, 0.4) is 0 Å². The summed E-state index contributed by atoms with van der Waals surface area (Å²) in [7, 11) is 0. The molecule has 1 aliphatic heterocycles. The first kappa shape index (κ1) is 12.3. The summed E-state index contributed by atoms with van der Waals surface area (Å²) in [5.41, 5.74) is 5.48. The molecular formula is C12H13FN2O3. The SMILES string of the molecule is Nc1ccc(C(=O)N2CCC[C@@H]2C(=O)O)c(F)c1. The molecule has 1 atom stereocenters. The minimum Gasteiger partial charge on any atom is -0.480 e. The maximum absolute atomic E-state index is 13.6. The van der Waals surface area contributed by atoms with Crippen molar-refractivity contribution < 1.29 is 19.1 Å². The Morgan fingerprint density at radius 1 is 1.44 bits per heavy atom. The van der Waals surface area contributed by atoms with Gasteiger partial charge in [-0.05, 0) is 31.0 Å². The van der Waals surface area contributed by atoms with Crippen molar-refractivity contribution in [3.05, 3.63) is 29.6 Å². The number of benzene rings is 1. The predicted molar refractivity (Wildman–Crippen MR) is 62.5 cm³/mol. The summed E-state index contributed by atoms with van der Waals surface area (Å²) >= 11 is 0. The zero-order valence-electron chi connectivity index (χ0n) is 9.60. The van der Waals surface area contributed by atoms with Crippen LogP contribution in [0, 0.1) is 5.82 Å². The summed E-state index contributed by atoms with van der Waals surface area (Å²) in [5.74, 6) is -2.38. The molecule has 0 aliphatic carbocycles. The lowest BCUT2D eigenvalue weighted by atomic mass is 10.1. The summed E-state index contributed by atoms with van der Waals surface area (Å²) in [5, 5.41) is 8.99. The van der Waals surface area contributed by atoms with E-state index < -0.39 is 23.7 Å². The van der Waals surface area contributed by atoms with Gasteiger partial charge in [-0.2, -0.15) is 0 Å². The molecule has 0 aromatic heterocycles. The van der Waals surface area contributed by atoms with Gasteiger partial charge in [-0.3, -0.25) is 4.79 Å². The number of carbonyl (C=O) groups is 2. The number of carboxylic acid groups (broad SMARTS) is 1. The number of carboxylic acids is 1. The first-order chi connectivity index (χ1) is 8.50. The molecule has 0 radical (unpaired) electrons. The van der Waals surface area contributed by atoms with Gasteiger partial charge in [0.2, 0.25) is 0 Å². The van der Waals surface area contributed by atoms with E-state index in [1.807, 2.05) is 0 Å². The monoisotopic (exact) mass is 252 g/mol. The highest BCUT2D eigenvalue weighted by molar-refractivity contribution is 5.97. The molecule has 1 aromatic rings. The van der Waals surface area contributed by atoms with E-state index in [2.05, 4.69) is 0 Å². The standard InChI is InChI=1S/C12H13FN2O3/c13-9-6-7(14)3-4-8(9)11(16)15-5-1-2-10(15)12(17)18/h3-4,6,10H,1-2,5,14H2,(H,17,18)/t10-/m1/s1. The van der Waals surface area contributed by atoms with Crippen molar-refractivity contribution in [2.45, 2.75) is 18.9 Å². The summed E-state index contributed by atoms with van der Waals surface area (Å²) in [6.07, 6.45) is 1.01. The number of nitrogen functional groups attached to an aromatic ring is 1. The highest BCUT2D eigenvalue weighted by atomic mass is 19.1. The molecule has 1 saturated heterocycles. The maximum atomic E-state index is 13.6. The lowest BCUT2D eigenvalue weighted by Gasteiger charge is -2.21. The average molecular weight is 252 g/mol. The molecular weight excluding hydrogens is 239 g/mol. The van der Waals surface area contributed by atoms with Crippen LogP contribution >= 0.6 is 0 Å². The van der Waals surface area contributed by atoms with Crippen molar-refractivity contribution in [3.8, 4) is 0 Å². The van der Waals surface area contributed by atoms with E-state index in [4.69, 9.17) is 10.8 Å². The topological polar surface area (TPSA) is 83.6 Å². The Bertz CT molecular complexity index is 504. The number of nitrogens with zero attached hydrogens (tertiary/aromatic N) is 1. The van der Waals surface area contributed by atoms with Gasteiger partial charge >= 0.3 is 5.97 Å². The normalized spacial score (nSPS) is 18.9. The second-order valence-corrected chi connectivity index (χ2v) is 4.23. The number of anilines is 1. The first-order valence-electron chi connectivity index (χ1n) is 5.59. The van der Waals surface area contributed by atoms with Gasteiger partial charge in [0, 0.05) is 12.2 Å². The second kappa shape index (κ2) is 4.64. The van der Waals surface area contributed by atoms with Crippen LogP contribution in [0.2, 0.25) is 0 Å². The molecule has 1 aliphatic rings. The van der Waals surface area contributed by atoms with E-state index in [9.17, 15) is 14.0 Å². The Morgan fingerprint density at radius 3 is 2.78 bits per heavy atom. The van der Waals surface area contributed by atoms with Gasteiger partial charge in [0.15, 0.2) is 0 Å². The molecule has 0 saturated carbocycles. The van der Waals surface area contributed by atoms with Crippen molar-refractivity contribution in [2.24, 2.45) is 0 Å². The Morgan fingerprint density at radius 2 is 2.17 bits per heavy atom. The number of halogens is 1. The highest BCUT2D eigenvalue weighted by Crippen LogP contribution is 2.22. The van der Waals surface area contributed by atoms with E-state index in [1.54, 1.807) is 0 Å². The van der Waals surface area contributed by atoms with Crippen molar-refractivity contribution in [3.63, 3.8) is 0 Å². The number of likely N-dealkylation sites (tertiary alicyclic amines) is 1. The van der Waals surface area contributed by atoms with E-state index >= 15 is 0 Å². The summed E-state index contributed by atoms with van der Waals surface area (Å²) < 4.78 is 13.6. The molecule has 0 bridgehead atoms. The number of rotatable bonds is 2. The molecule has 1 amide bonds. The molecule has 1 aromatic carbocycles. The Hall–Kier alpha value is -2.11. The van der Waals surface area contributed by atoms with Crippen LogP contribution in [0.4, 0.5) is 10.1 Å². The van der Waals surface area contributed by atoms with Crippen molar-refractivity contribution in [1.29, 1.82) is 0 Å². The molecule has 0 spiro atoms. The van der Waals surface area contributed by atoms with Gasteiger partial charge in [-0.25, -0.2) is 9.18 Å². The molecule has 5 nitrogen and oxygen atoms in total. The van der Waals surface area contributed by atoms with Crippen LogP contribution in [0.25, 0.3) is 0 Å². The molecule has 1 fully saturated rings. The number of hydrogen-bond acceptors (Lipinski definition) is 3. The van der Waals surface area contributed by atoms with Crippen LogP contribution in [0.5, 0.6) is 0 Å². The minimum absolute atomic E-state index is 0.141. The lowest BCUT2D eigenvalue weighted by molar-refractivity contribution is -0.141. The lowest BCUT2D eigenvalue weighted by Crippen LogP contribution is -2.40. The minimum atomic E-state index is -1.06. The van der Waals surface area contributed by atoms with E-state index in [0.717, 1.165) is 6.07 Å². The van der Waals surface area contributed by atoms with Crippen LogP contribution in [0.15, 0.2) is 18.2 Å². The maximum Gasteiger partial charge on any atom is 0.326 e. The fourth-order valence-electron chi connectivity index (χ4n) is 2.13. The van der Waals surface area contributed by atoms with Crippen molar-refractivity contribution >= 4 is 17.6 Å². The van der Waals surface area contributed by atoms with E-state index in [1.165, 1.54) is 17.0 Å². The van der Waals surface area contributed by atoms with Crippen LogP contribution in [-0.2, 0) is 4.79 Å². The molecule has 6 heteroatoms. The molecule has 96 valence electrons. The number of nitrogens with two attached hydrogens (primary N) is 1. The summed E-state index contributed by atoms with van der Waals surface area (Å²) in [4.78, 5) is 24.2. The predicted octanol–water partition coefficient (Wildman–Crippen LogP) is 1.10. The third-order valence-corrected chi connectivity index (χ3v) is 3.02. The van der Waals surface area contributed by atoms with Crippen molar-refractivity contribution in [2.75, 3.05) is 12.3 Å². The Kier molecular flexibility index (Phi) is 3.18. The first-order valence-corrected chi connectivity index (χ1v) is 5.59. The third-order valence-electron chi connectivity index (χ3n) is 3.02. The van der Waals surface area contributed by atoms with Gasteiger partial charge in [-0.15, -0.1) is 0 Å². The van der Waals surface area contributed by atoms with Crippen LogP contribution < -0.4 is 5.73 Å². The number of aliphatic carboxylic acids is 1. The smallest absolute Gasteiger partial charge is 0.326 e. The zero-order valence-corrected chi connectivity index (χ0v) is 9.60. The number of carbonyl (C=O) groups excluding carboxylic acids is 1. The quantitative estimate of drug-likeness (QED) is 0.772. The molecule has 18 heavy (non-hydrogen) atoms. The van der Waals surface area contributed by atoms with Crippen LogP contribution in [0.1, 0.15) is 23.2 Å². The number of amides is 1. The van der Waals surface area contributed by atoms with E-state index in [-0.39, 0.29) is 11.3 Å². The van der Waals surface area contributed by atoms with Crippen molar-refractivity contribution in [1.82, 2.24) is 4.90 Å². The Balaban J connectivity index is 2.28. The van der Waals surface area contributed by atoms with Gasteiger partial charge < -0.3 is 15.7 Å². The van der Waals surface area contributed by atoms with Crippen LogP contribution in [-0.4, -0.2) is 34.5 Å². The molecule has 3 N–H and O–H groups in total. The van der Waals surface area contributed by atoms with Gasteiger partial charge in [0.05, 0.1) is 5.56 Å².